The van der Waals surface area contributed by atoms with Crippen molar-refractivity contribution < 1.29 is 19.5 Å². The second-order valence-electron chi connectivity index (χ2n) is 3.41. The summed E-state index contributed by atoms with van der Waals surface area (Å²) >= 11 is 0. The van der Waals surface area contributed by atoms with Crippen LogP contribution in [0.1, 0.15) is 20.7 Å². The Bertz CT molecular complexity index is 434. The number of ketones is 1. The molecule has 0 atom stereocenters. The monoisotopic (exact) mass is 221 g/mol. The zero-order valence-corrected chi connectivity index (χ0v) is 8.93. The van der Waals surface area contributed by atoms with Gasteiger partial charge in [0.25, 0.3) is 5.91 Å². The summed E-state index contributed by atoms with van der Waals surface area (Å²) in [6.07, 6.45) is 0. The lowest BCUT2D eigenvalue weighted by molar-refractivity contribution is -0.124. The summed E-state index contributed by atoms with van der Waals surface area (Å²) in [5, 5.41) is 8.65. The molecule has 0 spiro atoms. The quantitative estimate of drug-likeness (QED) is 0.600. The molecule has 0 fully saturated rings. The normalized spacial score (nSPS) is 9.62. The minimum Gasteiger partial charge on any atom is -0.478 e. The summed E-state index contributed by atoms with van der Waals surface area (Å²) in [4.78, 5) is 34.6. The number of Topliss-reactive ketones (excluding diaryl/α,β-unsaturated/α-hetero) is 1. The number of carboxylic acid groups (broad SMARTS) is 1. The van der Waals surface area contributed by atoms with Gasteiger partial charge in [0.1, 0.15) is 0 Å². The third kappa shape index (κ3) is 2.44. The Hall–Kier alpha value is -2.17. The van der Waals surface area contributed by atoms with E-state index in [-0.39, 0.29) is 11.1 Å². The van der Waals surface area contributed by atoms with E-state index in [0.29, 0.717) is 0 Å². The van der Waals surface area contributed by atoms with Gasteiger partial charge in [-0.3, -0.25) is 9.59 Å². The molecular formula is C11H11NO4. The number of carbonyl (C=O) groups excluding carboxylic acids is 2. The van der Waals surface area contributed by atoms with Gasteiger partial charge in [-0.25, -0.2) is 4.79 Å². The van der Waals surface area contributed by atoms with Gasteiger partial charge in [0.15, 0.2) is 0 Å². The SMILES string of the molecule is CN(C)C(=O)C(=O)c1ccc(C(=O)O)cc1. The summed E-state index contributed by atoms with van der Waals surface area (Å²) in [5.74, 6) is -2.36. The fourth-order valence-corrected chi connectivity index (χ4v) is 1.09. The van der Waals surface area contributed by atoms with Crippen molar-refractivity contribution in [2.45, 2.75) is 0 Å². The molecule has 0 radical (unpaired) electrons. The molecule has 0 saturated carbocycles. The van der Waals surface area contributed by atoms with Crippen LogP contribution in [0.2, 0.25) is 0 Å². The molecule has 1 amide bonds. The van der Waals surface area contributed by atoms with Gasteiger partial charge in [-0.1, -0.05) is 0 Å². The summed E-state index contributed by atoms with van der Waals surface area (Å²) in [6, 6.07) is 5.23. The van der Waals surface area contributed by atoms with Crippen molar-refractivity contribution in [2.75, 3.05) is 14.1 Å². The summed E-state index contributed by atoms with van der Waals surface area (Å²) < 4.78 is 0. The number of nitrogens with zero attached hydrogens (tertiary/aromatic N) is 1. The van der Waals surface area contributed by atoms with Gasteiger partial charge in [-0.15, -0.1) is 0 Å². The van der Waals surface area contributed by atoms with Crippen LogP contribution in [0.4, 0.5) is 0 Å². The van der Waals surface area contributed by atoms with Crippen LogP contribution in [-0.4, -0.2) is 41.8 Å². The predicted molar refractivity (Wildman–Crippen MR) is 56.4 cm³/mol. The molecule has 1 rings (SSSR count). The Morgan fingerprint density at radius 2 is 1.44 bits per heavy atom. The molecule has 0 saturated heterocycles. The van der Waals surface area contributed by atoms with Crippen LogP contribution in [0.3, 0.4) is 0 Å². The van der Waals surface area contributed by atoms with Crippen molar-refractivity contribution >= 4 is 17.7 Å². The molecule has 0 aliphatic heterocycles. The van der Waals surface area contributed by atoms with Crippen LogP contribution < -0.4 is 0 Å². The zero-order valence-electron chi connectivity index (χ0n) is 8.93. The van der Waals surface area contributed by atoms with Crippen molar-refractivity contribution in [3.05, 3.63) is 35.4 Å². The van der Waals surface area contributed by atoms with Gasteiger partial charge < -0.3 is 10.0 Å². The Kier molecular flexibility index (Phi) is 3.40. The lowest BCUT2D eigenvalue weighted by Crippen LogP contribution is -2.29. The van der Waals surface area contributed by atoms with Crippen LogP contribution in [0, 0.1) is 0 Å². The highest BCUT2D eigenvalue weighted by Gasteiger charge is 2.18. The zero-order chi connectivity index (χ0) is 12.3. The lowest BCUT2D eigenvalue weighted by Gasteiger charge is -2.08. The fraction of sp³-hybridized carbons (Fsp3) is 0.182. The van der Waals surface area contributed by atoms with Crippen molar-refractivity contribution in [1.29, 1.82) is 0 Å². The Morgan fingerprint density at radius 1 is 1.00 bits per heavy atom. The third-order valence-electron chi connectivity index (χ3n) is 1.99. The first-order valence-electron chi connectivity index (χ1n) is 4.53. The number of benzene rings is 1. The van der Waals surface area contributed by atoms with E-state index in [1.54, 1.807) is 0 Å². The number of amides is 1. The van der Waals surface area contributed by atoms with Crippen LogP contribution in [0.15, 0.2) is 24.3 Å². The summed E-state index contributed by atoms with van der Waals surface area (Å²) in [6.45, 7) is 0. The topological polar surface area (TPSA) is 74.7 Å². The van der Waals surface area contributed by atoms with Gasteiger partial charge in [0.05, 0.1) is 5.56 Å². The molecule has 5 heteroatoms. The van der Waals surface area contributed by atoms with E-state index in [0.717, 1.165) is 0 Å². The number of likely N-dealkylation sites (N-methyl/N-ethyl adjacent to an activating group) is 1. The molecule has 0 heterocycles. The standard InChI is InChI=1S/C11H11NO4/c1-12(2)10(14)9(13)7-3-5-8(6-4-7)11(15)16/h3-6H,1-2H3,(H,15,16). The maximum Gasteiger partial charge on any atom is 0.335 e. The van der Waals surface area contributed by atoms with E-state index in [2.05, 4.69) is 0 Å². The number of hydrogen-bond acceptors (Lipinski definition) is 3. The molecule has 16 heavy (non-hydrogen) atoms. The molecular weight excluding hydrogens is 210 g/mol. The molecule has 0 aliphatic carbocycles. The molecule has 1 aromatic carbocycles. The van der Waals surface area contributed by atoms with Crippen molar-refractivity contribution in [2.24, 2.45) is 0 Å². The average molecular weight is 221 g/mol. The minimum absolute atomic E-state index is 0.0776. The smallest absolute Gasteiger partial charge is 0.335 e. The van der Waals surface area contributed by atoms with Crippen LogP contribution in [0.5, 0.6) is 0 Å². The number of hydrogen-bond donors (Lipinski definition) is 1. The number of rotatable bonds is 3. The van der Waals surface area contributed by atoms with Crippen molar-refractivity contribution in [3.8, 4) is 0 Å². The second-order valence-corrected chi connectivity index (χ2v) is 3.41. The highest BCUT2D eigenvalue weighted by Crippen LogP contribution is 2.06. The molecule has 5 nitrogen and oxygen atoms in total. The van der Waals surface area contributed by atoms with Gasteiger partial charge in [0.2, 0.25) is 5.78 Å². The number of aromatic carboxylic acids is 1. The van der Waals surface area contributed by atoms with E-state index in [1.807, 2.05) is 0 Å². The Balaban J connectivity index is 2.94. The minimum atomic E-state index is -1.07. The molecule has 0 aliphatic rings. The van der Waals surface area contributed by atoms with Gasteiger partial charge in [-0.2, -0.15) is 0 Å². The highest BCUT2D eigenvalue weighted by atomic mass is 16.4. The van der Waals surface area contributed by atoms with Crippen LogP contribution in [-0.2, 0) is 4.79 Å². The number of carbonyl (C=O) groups is 3. The van der Waals surface area contributed by atoms with E-state index >= 15 is 0 Å². The predicted octanol–water partition coefficient (Wildman–Crippen LogP) is 0.656. The lowest BCUT2D eigenvalue weighted by atomic mass is 10.1. The van der Waals surface area contributed by atoms with E-state index in [4.69, 9.17) is 5.11 Å². The second kappa shape index (κ2) is 4.57. The van der Waals surface area contributed by atoms with Gasteiger partial charge in [-0.05, 0) is 24.3 Å². The Labute approximate surface area is 92.3 Å². The van der Waals surface area contributed by atoms with E-state index < -0.39 is 17.7 Å². The first kappa shape index (κ1) is 11.9. The largest absolute Gasteiger partial charge is 0.478 e. The molecule has 84 valence electrons. The molecule has 0 unspecified atom stereocenters. The fourth-order valence-electron chi connectivity index (χ4n) is 1.09. The van der Waals surface area contributed by atoms with E-state index in [1.165, 1.54) is 43.3 Å². The summed E-state index contributed by atoms with van der Waals surface area (Å²) in [5.41, 5.74) is 0.262. The first-order valence-corrected chi connectivity index (χ1v) is 4.53. The highest BCUT2D eigenvalue weighted by molar-refractivity contribution is 6.42. The van der Waals surface area contributed by atoms with Crippen LogP contribution >= 0.6 is 0 Å². The van der Waals surface area contributed by atoms with E-state index in [9.17, 15) is 14.4 Å². The van der Waals surface area contributed by atoms with Gasteiger partial charge in [0, 0.05) is 19.7 Å². The Morgan fingerprint density at radius 3 is 1.81 bits per heavy atom. The molecule has 1 aromatic rings. The maximum absolute atomic E-state index is 11.5. The van der Waals surface area contributed by atoms with Gasteiger partial charge >= 0.3 is 5.97 Å². The van der Waals surface area contributed by atoms with Crippen molar-refractivity contribution in [3.63, 3.8) is 0 Å². The maximum atomic E-state index is 11.5. The molecule has 0 aromatic heterocycles. The van der Waals surface area contributed by atoms with Crippen LogP contribution in [0.25, 0.3) is 0 Å². The van der Waals surface area contributed by atoms with Crippen molar-refractivity contribution in [1.82, 2.24) is 4.90 Å². The third-order valence-corrected chi connectivity index (χ3v) is 1.99. The average Bonchev–Trinajstić information content (AvgIpc) is 2.27. The molecule has 0 bridgehead atoms. The number of carboxylic acids is 1. The first-order chi connectivity index (χ1) is 7.43. The molecule has 1 N–H and O–H groups in total. The summed E-state index contributed by atoms with van der Waals surface area (Å²) in [7, 11) is 2.96.